The quantitative estimate of drug-likeness (QED) is 0.393. The van der Waals surface area contributed by atoms with Gasteiger partial charge in [-0.25, -0.2) is 0 Å². The van der Waals surface area contributed by atoms with Crippen molar-refractivity contribution in [3.8, 4) is 0 Å². The van der Waals surface area contributed by atoms with E-state index in [1.807, 2.05) is 13.2 Å². The van der Waals surface area contributed by atoms with Gasteiger partial charge in [0.15, 0.2) is 0 Å². The summed E-state index contributed by atoms with van der Waals surface area (Å²) in [5.74, 6) is 0. The van der Waals surface area contributed by atoms with E-state index in [0.717, 1.165) is 0 Å². The molecule has 0 bridgehead atoms. The van der Waals surface area contributed by atoms with Crippen LogP contribution in [-0.4, -0.2) is 10.8 Å². The van der Waals surface area contributed by atoms with Crippen LogP contribution in [0.25, 0.3) is 0 Å². The van der Waals surface area contributed by atoms with Crippen LogP contribution in [0.5, 0.6) is 0 Å². The molecule has 0 saturated heterocycles. The SMILES string of the molecule is CS[C@H](C)S. The molecule has 5 heavy (non-hydrogen) atoms. The summed E-state index contributed by atoms with van der Waals surface area (Å²) < 4.78 is 0.495. The van der Waals surface area contributed by atoms with Crippen molar-refractivity contribution >= 4 is 24.4 Å². The van der Waals surface area contributed by atoms with Crippen molar-refractivity contribution in [2.24, 2.45) is 0 Å². The predicted molar refractivity (Wildman–Crippen MR) is 32.0 cm³/mol. The summed E-state index contributed by atoms with van der Waals surface area (Å²) in [4.78, 5) is 0. The summed E-state index contributed by atoms with van der Waals surface area (Å²) in [6.07, 6.45) is 2.04. The van der Waals surface area contributed by atoms with Gasteiger partial charge >= 0.3 is 0 Å². The maximum atomic E-state index is 4.06. The Morgan fingerprint density at radius 3 is 2.00 bits per heavy atom. The van der Waals surface area contributed by atoms with Gasteiger partial charge in [0.25, 0.3) is 0 Å². The van der Waals surface area contributed by atoms with E-state index in [-0.39, 0.29) is 0 Å². The lowest BCUT2D eigenvalue weighted by molar-refractivity contribution is 1.44. The van der Waals surface area contributed by atoms with Gasteiger partial charge in [-0.2, -0.15) is 24.4 Å². The van der Waals surface area contributed by atoms with E-state index in [9.17, 15) is 0 Å². The van der Waals surface area contributed by atoms with E-state index >= 15 is 0 Å². The van der Waals surface area contributed by atoms with Crippen molar-refractivity contribution in [2.45, 2.75) is 11.5 Å². The second-order valence-electron chi connectivity index (χ2n) is 0.835. The van der Waals surface area contributed by atoms with E-state index < -0.39 is 0 Å². The van der Waals surface area contributed by atoms with Gasteiger partial charge in [0.1, 0.15) is 0 Å². The van der Waals surface area contributed by atoms with Gasteiger partial charge in [-0.05, 0) is 13.2 Å². The molecule has 0 aliphatic rings. The molecule has 0 amide bonds. The number of rotatable bonds is 1. The molecule has 0 aromatic heterocycles. The molecule has 0 heterocycles. The van der Waals surface area contributed by atoms with Gasteiger partial charge in [-0.15, -0.1) is 0 Å². The lowest BCUT2D eigenvalue weighted by Gasteiger charge is -1.90. The molecule has 0 aromatic rings. The normalized spacial score (nSPS) is 15.0. The standard InChI is InChI=1S/C3H8S2/c1-3(4)5-2/h3-4H,1-2H3/t3-/m1/s1. The summed E-state index contributed by atoms with van der Waals surface area (Å²) in [5, 5.41) is 0. The van der Waals surface area contributed by atoms with Crippen LogP contribution in [0.1, 0.15) is 6.92 Å². The van der Waals surface area contributed by atoms with Crippen molar-refractivity contribution in [1.29, 1.82) is 0 Å². The maximum absolute atomic E-state index is 4.06. The third-order valence-electron chi connectivity index (χ3n) is 0.341. The third-order valence-corrected chi connectivity index (χ3v) is 1.66. The second-order valence-corrected chi connectivity index (χ2v) is 3.14. The van der Waals surface area contributed by atoms with Crippen molar-refractivity contribution < 1.29 is 0 Å². The fourth-order valence-corrected chi connectivity index (χ4v) is 0. The predicted octanol–water partition coefficient (Wildman–Crippen LogP) is 1.63. The molecule has 0 unspecified atom stereocenters. The molecule has 0 saturated carbocycles. The van der Waals surface area contributed by atoms with E-state index in [1.165, 1.54) is 0 Å². The molecular formula is C3H8S2. The Balaban J connectivity index is 2.54. The van der Waals surface area contributed by atoms with E-state index in [0.29, 0.717) is 4.58 Å². The highest BCUT2D eigenvalue weighted by Gasteiger charge is 1.81. The summed E-state index contributed by atoms with van der Waals surface area (Å²) in [6, 6.07) is 0. The minimum atomic E-state index is 0.495. The summed E-state index contributed by atoms with van der Waals surface area (Å²) >= 11 is 5.80. The van der Waals surface area contributed by atoms with Crippen molar-refractivity contribution in [3.63, 3.8) is 0 Å². The molecule has 0 aliphatic carbocycles. The van der Waals surface area contributed by atoms with Crippen LogP contribution in [0.2, 0.25) is 0 Å². The van der Waals surface area contributed by atoms with Crippen LogP contribution < -0.4 is 0 Å². The Labute approximate surface area is 42.7 Å². The smallest absolute Gasteiger partial charge is 0.0441 e. The first-order valence-corrected chi connectivity index (χ1v) is 3.28. The van der Waals surface area contributed by atoms with Crippen LogP contribution in [0.4, 0.5) is 0 Å². The van der Waals surface area contributed by atoms with Crippen LogP contribution in [0.15, 0.2) is 0 Å². The molecule has 0 rings (SSSR count). The largest absolute Gasteiger partial charge is 0.165 e. The fraction of sp³-hybridized carbons (Fsp3) is 1.00. The summed E-state index contributed by atoms with van der Waals surface area (Å²) in [5.41, 5.74) is 0. The first-order valence-electron chi connectivity index (χ1n) is 1.48. The number of hydrogen-bond acceptors (Lipinski definition) is 2. The summed E-state index contributed by atoms with van der Waals surface area (Å²) in [6.45, 7) is 2.05. The topological polar surface area (TPSA) is 0 Å². The molecule has 0 radical (unpaired) electrons. The molecular weight excluding hydrogens is 100 g/mol. The zero-order valence-electron chi connectivity index (χ0n) is 3.43. The van der Waals surface area contributed by atoms with Gasteiger partial charge < -0.3 is 0 Å². The highest BCUT2D eigenvalue weighted by atomic mass is 32.2. The monoisotopic (exact) mass is 108 g/mol. The first kappa shape index (κ1) is 5.70. The van der Waals surface area contributed by atoms with Crippen molar-refractivity contribution in [1.82, 2.24) is 0 Å². The second kappa shape index (κ2) is 2.91. The molecule has 0 fully saturated rings. The van der Waals surface area contributed by atoms with E-state index in [1.54, 1.807) is 11.8 Å². The minimum absolute atomic E-state index is 0.495. The zero-order valence-corrected chi connectivity index (χ0v) is 5.14. The van der Waals surface area contributed by atoms with Crippen LogP contribution >= 0.6 is 24.4 Å². The molecule has 0 nitrogen and oxygen atoms in total. The van der Waals surface area contributed by atoms with E-state index in [2.05, 4.69) is 12.6 Å². The van der Waals surface area contributed by atoms with Gasteiger partial charge in [-0.3, -0.25) is 0 Å². The van der Waals surface area contributed by atoms with Crippen LogP contribution in [0, 0.1) is 0 Å². The zero-order chi connectivity index (χ0) is 4.28. The lowest BCUT2D eigenvalue weighted by atomic mass is 11.0. The van der Waals surface area contributed by atoms with Crippen molar-refractivity contribution in [3.05, 3.63) is 0 Å². The molecule has 0 aromatic carbocycles. The number of thioether (sulfide) groups is 1. The Morgan fingerprint density at radius 2 is 2.00 bits per heavy atom. The van der Waals surface area contributed by atoms with E-state index in [4.69, 9.17) is 0 Å². The van der Waals surface area contributed by atoms with Gasteiger partial charge in [0.05, 0.1) is 0 Å². The molecule has 0 aliphatic heterocycles. The molecule has 1 atom stereocenters. The van der Waals surface area contributed by atoms with Crippen LogP contribution in [-0.2, 0) is 0 Å². The highest BCUT2D eigenvalue weighted by Crippen LogP contribution is 2.06. The van der Waals surface area contributed by atoms with Gasteiger partial charge in [0.2, 0.25) is 0 Å². The lowest BCUT2D eigenvalue weighted by Crippen LogP contribution is -1.73. The molecule has 0 spiro atoms. The third kappa shape index (κ3) is 4.70. The Bertz CT molecular complexity index is 18.9. The van der Waals surface area contributed by atoms with Crippen molar-refractivity contribution in [2.75, 3.05) is 6.26 Å². The van der Waals surface area contributed by atoms with Gasteiger partial charge in [0, 0.05) is 4.58 Å². The highest BCUT2D eigenvalue weighted by molar-refractivity contribution is 8.09. The molecule has 2 heteroatoms. The Kier molecular flexibility index (Phi) is 3.32. The molecule has 0 N–H and O–H groups in total. The average molecular weight is 108 g/mol. The number of thiol groups is 1. The number of hydrogen-bond donors (Lipinski definition) is 1. The maximum Gasteiger partial charge on any atom is 0.0441 e. The fourth-order valence-electron chi connectivity index (χ4n) is 0. The average Bonchev–Trinajstić information content (AvgIpc) is 1.38. The van der Waals surface area contributed by atoms with Gasteiger partial charge in [-0.1, -0.05) is 0 Å². The Hall–Kier alpha value is 0.700. The summed E-state index contributed by atoms with van der Waals surface area (Å²) in [7, 11) is 0. The Morgan fingerprint density at radius 1 is 1.80 bits per heavy atom. The molecule has 32 valence electrons. The minimum Gasteiger partial charge on any atom is -0.165 e. The first-order chi connectivity index (χ1) is 2.27. The van der Waals surface area contributed by atoms with Crippen LogP contribution in [0.3, 0.4) is 0 Å².